The number of cyclic esters (lactones) is 1. The standard InChI is InChI=1S/C20H10Cl2N2O7/c1-29-16-3-2-9(5-15(16)24(27)28)19-23-14(20(26)31-19)4-10-8-30-18-12(17(10)25)6-11(21)7-13(18)22/h2-8H,1H3/b14-4-. The smallest absolute Gasteiger partial charge is 0.363 e. The second kappa shape index (κ2) is 7.86. The van der Waals surface area contributed by atoms with E-state index in [2.05, 4.69) is 4.99 Å². The quantitative estimate of drug-likeness (QED) is 0.245. The van der Waals surface area contributed by atoms with E-state index in [-0.39, 0.29) is 55.2 Å². The molecule has 1 aliphatic heterocycles. The van der Waals surface area contributed by atoms with Crippen LogP contribution in [0.4, 0.5) is 5.69 Å². The summed E-state index contributed by atoms with van der Waals surface area (Å²) in [6, 6.07) is 6.81. The Hall–Kier alpha value is -3.69. The van der Waals surface area contributed by atoms with Gasteiger partial charge in [-0.3, -0.25) is 14.9 Å². The van der Waals surface area contributed by atoms with E-state index in [1.165, 1.54) is 43.5 Å². The molecule has 9 nitrogen and oxygen atoms in total. The number of hydrogen-bond acceptors (Lipinski definition) is 8. The van der Waals surface area contributed by atoms with Gasteiger partial charge in [0.25, 0.3) is 0 Å². The number of hydrogen-bond donors (Lipinski definition) is 0. The third kappa shape index (κ3) is 3.76. The van der Waals surface area contributed by atoms with Crippen LogP contribution in [0.25, 0.3) is 17.0 Å². The number of ether oxygens (including phenoxy) is 2. The van der Waals surface area contributed by atoms with Gasteiger partial charge in [0.1, 0.15) is 6.26 Å². The van der Waals surface area contributed by atoms with E-state index in [0.717, 1.165) is 6.26 Å². The third-order valence-electron chi connectivity index (χ3n) is 4.35. The van der Waals surface area contributed by atoms with Crippen LogP contribution in [0.2, 0.25) is 10.0 Å². The van der Waals surface area contributed by atoms with Crippen molar-refractivity contribution in [1.82, 2.24) is 0 Å². The number of nitro groups is 1. The fourth-order valence-electron chi connectivity index (χ4n) is 2.93. The maximum atomic E-state index is 12.8. The summed E-state index contributed by atoms with van der Waals surface area (Å²) in [6.07, 6.45) is 2.32. The number of nitrogens with zero attached hydrogens (tertiary/aromatic N) is 2. The minimum atomic E-state index is -0.836. The van der Waals surface area contributed by atoms with Gasteiger partial charge in [-0.2, -0.15) is 0 Å². The topological polar surface area (TPSA) is 121 Å². The molecule has 0 unspecified atom stereocenters. The second-order valence-corrected chi connectivity index (χ2v) is 7.11. The molecule has 4 rings (SSSR count). The van der Waals surface area contributed by atoms with Crippen molar-refractivity contribution in [2.75, 3.05) is 7.11 Å². The highest BCUT2D eigenvalue weighted by molar-refractivity contribution is 6.38. The van der Waals surface area contributed by atoms with Crippen molar-refractivity contribution in [3.8, 4) is 5.75 Å². The average Bonchev–Trinajstić information content (AvgIpc) is 3.10. The molecule has 0 spiro atoms. The lowest BCUT2D eigenvalue weighted by atomic mass is 10.1. The van der Waals surface area contributed by atoms with Crippen LogP contribution in [0.5, 0.6) is 5.75 Å². The SMILES string of the molecule is COc1ccc(C2=N/C(=C\c3coc4c(Cl)cc(Cl)cc4c3=O)C(=O)O2)cc1[N+](=O)[O-]. The predicted molar refractivity (Wildman–Crippen MR) is 113 cm³/mol. The lowest BCUT2D eigenvalue weighted by Crippen LogP contribution is -2.08. The Morgan fingerprint density at radius 1 is 1.19 bits per heavy atom. The number of halogens is 2. The predicted octanol–water partition coefficient (Wildman–Crippen LogP) is 4.36. The molecule has 0 saturated heterocycles. The van der Waals surface area contributed by atoms with Crippen LogP contribution in [0.15, 0.2) is 56.5 Å². The average molecular weight is 461 g/mol. The van der Waals surface area contributed by atoms with E-state index in [0.29, 0.717) is 0 Å². The number of carbonyl (C=O) groups is 1. The number of fused-ring (bicyclic) bond motifs is 1. The highest BCUT2D eigenvalue weighted by Crippen LogP contribution is 2.30. The lowest BCUT2D eigenvalue weighted by Gasteiger charge is -2.03. The minimum Gasteiger partial charge on any atom is -0.490 e. The van der Waals surface area contributed by atoms with Gasteiger partial charge in [-0.1, -0.05) is 23.2 Å². The van der Waals surface area contributed by atoms with Crippen LogP contribution >= 0.6 is 23.2 Å². The molecule has 1 aromatic heterocycles. The van der Waals surface area contributed by atoms with Crippen LogP contribution in [-0.4, -0.2) is 23.9 Å². The van der Waals surface area contributed by atoms with Gasteiger partial charge in [-0.25, -0.2) is 9.79 Å². The number of carbonyl (C=O) groups excluding carboxylic acids is 1. The van der Waals surface area contributed by atoms with Crippen LogP contribution < -0.4 is 10.2 Å². The molecule has 2 heterocycles. The van der Waals surface area contributed by atoms with E-state index in [4.69, 9.17) is 37.1 Å². The molecule has 0 amide bonds. The van der Waals surface area contributed by atoms with Crippen LogP contribution in [-0.2, 0) is 9.53 Å². The minimum absolute atomic E-state index is 0.0171. The molecule has 0 N–H and O–H groups in total. The number of aliphatic imine (C=N–C) groups is 1. The van der Waals surface area contributed by atoms with Gasteiger partial charge in [-0.05, 0) is 30.3 Å². The first-order valence-electron chi connectivity index (χ1n) is 8.54. The van der Waals surface area contributed by atoms with Gasteiger partial charge < -0.3 is 13.9 Å². The molecule has 0 atom stereocenters. The summed E-state index contributed by atoms with van der Waals surface area (Å²) in [5.41, 5.74) is -0.623. The Balaban J connectivity index is 1.77. The molecule has 0 aliphatic carbocycles. The van der Waals surface area contributed by atoms with E-state index in [1.807, 2.05) is 0 Å². The number of methoxy groups -OCH3 is 1. The van der Waals surface area contributed by atoms with Gasteiger partial charge in [0.05, 0.1) is 28.0 Å². The molecule has 1 aliphatic rings. The molecular formula is C20H10Cl2N2O7. The largest absolute Gasteiger partial charge is 0.490 e. The van der Waals surface area contributed by atoms with E-state index in [9.17, 15) is 19.7 Å². The number of benzene rings is 2. The van der Waals surface area contributed by atoms with Crippen LogP contribution in [0, 0.1) is 10.1 Å². The van der Waals surface area contributed by atoms with Crippen molar-refractivity contribution in [2.24, 2.45) is 4.99 Å². The van der Waals surface area contributed by atoms with Gasteiger partial charge in [0.15, 0.2) is 22.5 Å². The first-order valence-corrected chi connectivity index (χ1v) is 9.30. The summed E-state index contributed by atoms with van der Waals surface area (Å²) in [6.45, 7) is 0. The molecule has 156 valence electrons. The molecule has 11 heteroatoms. The molecule has 3 aromatic rings. The van der Waals surface area contributed by atoms with Gasteiger partial charge in [0, 0.05) is 16.7 Å². The van der Waals surface area contributed by atoms with Crippen molar-refractivity contribution in [2.45, 2.75) is 0 Å². The Bertz CT molecular complexity index is 1390. The Morgan fingerprint density at radius 3 is 2.68 bits per heavy atom. The Kier molecular flexibility index (Phi) is 5.22. The van der Waals surface area contributed by atoms with Gasteiger partial charge in [0.2, 0.25) is 5.90 Å². The highest BCUT2D eigenvalue weighted by Gasteiger charge is 2.27. The zero-order valence-corrected chi connectivity index (χ0v) is 17.1. The zero-order chi connectivity index (χ0) is 22.3. The molecule has 31 heavy (non-hydrogen) atoms. The first-order chi connectivity index (χ1) is 14.8. The summed E-state index contributed by atoms with van der Waals surface area (Å²) in [7, 11) is 1.30. The first kappa shape index (κ1) is 20.6. The monoisotopic (exact) mass is 460 g/mol. The number of esters is 1. The fraction of sp³-hybridized carbons (Fsp3) is 0.0500. The summed E-state index contributed by atoms with van der Waals surface area (Å²) in [4.78, 5) is 39.6. The van der Waals surface area contributed by atoms with Crippen molar-refractivity contribution in [1.29, 1.82) is 0 Å². The van der Waals surface area contributed by atoms with Crippen molar-refractivity contribution in [3.05, 3.63) is 83.8 Å². The Morgan fingerprint density at radius 2 is 1.97 bits per heavy atom. The van der Waals surface area contributed by atoms with Crippen LogP contribution in [0.3, 0.4) is 0 Å². The fourth-order valence-corrected chi connectivity index (χ4v) is 3.46. The van der Waals surface area contributed by atoms with Crippen molar-refractivity contribution < 1.29 is 23.6 Å². The van der Waals surface area contributed by atoms with E-state index in [1.54, 1.807) is 0 Å². The number of rotatable bonds is 4. The normalized spacial score (nSPS) is 14.6. The van der Waals surface area contributed by atoms with Crippen molar-refractivity contribution >= 4 is 57.8 Å². The van der Waals surface area contributed by atoms with Gasteiger partial charge in [-0.15, -0.1) is 0 Å². The summed E-state index contributed by atoms with van der Waals surface area (Å²) in [5, 5.41) is 11.8. The maximum absolute atomic E-state index is 12.8. The summed E-state index contributed by atoms with van der Waals surface area (Å²) >= 11 is 12.0. The molecular weight excluding hydrogens is 451 g/mol. The second-order valence-electron chi connectivity index (χ2n) is 6.26. The molecule has 0 radical (unpaired) electrons. The maximum Gasteiger partial charge on any atom is 0.363 e. The zero-order valence-electron chi connectivity index (χ0n) is 15.5. The highest BCUT2D eigenvalue weighted by atomic mass is 35.5. The molecule has 0 fully saturated rings. The van der Waals surface area contributed by atoms with E-state index >= 15 is 0 Å². The third-order valence-corrected chi connectivity index (χ3v) is 4.85. The molecule has 0 bridgehead atoms. The molecule has 0 saturated carbocycles. The lowest BCUT2D eigenvalue weighted by molar-refractivity contribution is -0.385. The Labute approximate surface area is 183 Å². The van der Waals surface area contributed by atoms with Crippen LogP contribution in [0.1, 0.15) is 11.1 Å². The summed E-state index contributed by atoms with van der Waals surface area (Å²) < 4.78 is 15.5. The number of nitro benzene ring substituents is 1. The van der Waals surface area contributed by atoms with Gasteiger partial charge >= 0.3 is 11.7 Å². The summed E-state index contributed by atoms with van der Waals surface area (Å²) in [5.74, 6) is -0.948. The van der Waals surface area contributed by atoms with Crippen molar-refractivity contribution in [3.63, 3.8) is 0 Å². The van der Waals surface area contributed by atoms with E-state index < -0.39 is 16.3 Å². The molecule has 2 aromatic carbocycles.